The molecule has 1 aliphatic heterocycles. The van der Waals surface area contributed by atoms with E-state index in [1.165, 1.54) is 5.56 Å². The van der Waals surface area contributed by atoms with Gasteiger partial charge in [-0.3, -0.25) is 4.90 Å². The van der Waals surface area contributed by atoms with Crippen molar-refractivity contribution in [2.24, 2.45) is 0 Å². The highest BCUT2D eigenvalue weighted by atomic mass is 16.5. The molecule has 4 aromatic rings. The molecule has 3 heterocycles. The third-order valence-corrected chi connectivity index (χ3v) is 5.68. The highest BCUT2D eigenvalue weighted by Crippen LogP contribution is 2.27. The van der Waals surface area contributed by atoms with E-state index in [1.54, 1.807) is 0 Å². The van der Waals surface area contributed by atoms with Crippen molar-refractivity contribution in [2.75, 3.05) is 32.8 Å². The second-order valence-corrected chi connectivity index (χ2v) is 7.84. The van der Waals surface area contributed by atoms with Crippen molar-refractivity contribution in [3.05, 3.63) is 53.9 Å². The monoisotopic (exact) mass is 403 g/mol. The van der Waals surface area contributed by atoms with E-state index in [-0.39, 0.29) is 0 Å². The zero-order valence-electron chi connectivity index (χ0n) is 17.3. The lowest BCUT2D eigenvalue weighted by atomic mass is 10.1. The van der Waals surface area contributed by atoms with Gasteiger partial charge in [0.05, 0.1) is 30.6 Å². The van der Waals surface area contributed by atoms with Crippen LogP contribution in [0.3, 0.4) is 0 Å². The largest absolute Gasteiger partial charge is 0.379 e. The molecule has 0 atom stereocenters. The van der Waals surface area contributed by atoms with Crippen LogP contribution in [0.15, 0.2) is 47.2 Å². The van der Waals surface area contributed by atoms with Crippen LogP contribution in [0.4, 0.5) is 0 Å². The van der Waals surface area contributed by atoms with Gasteiger partial charge in [-0.15, -0.1) is 0 Å². The van der Waals surface area contributed by atoms with E-state index in [4.69, 9.17) is 9.26 Å². The van der Waals surface area contributed by atoms with Gasteiger partial charge in [-0.1, -0.05) is 22.9 Å². The van der Waals surface area contributed by atoms with Gasteiger partial charge in [-0.25, -0.2) is 4.98 Å². The predicted molar refractivity (Wildman–Crippen MR) is 115 cm³/mol. The molecule has 1 fully saturated rings. The van der Waals surface area contributed by atoms with Gasteiger partial charge in [0, 0.05) is 37.3 Å². The van der Waals surface area contributed by atoms with Gasteiger partial charge in [0.1, 0.15) is 0 Å². The van der Waals surface area contributed by atoms with Crippen LogP contribution < -0.4 is 0 Å². The van der Waals surface area contributed by atoms with E-state index in [2.05, 4.69) is 56.6 Å². The number of aryl methyl sites for hydroxylation is 2. The molecule has 0 saturated carbocycles. The summed E-state index contributed by atoms with van der Waals surface area (Å²) >= 11 is 0. The van der Waals surface area contributed by atoms with Gasteiger partial charge in [0.25, 0.3) is 5.89 Å². The Kier molecular flexibility index (Phi) is 5.06. The second-order valence-electron chi connectivity index (χ2n) is 7.84. The van der Waals surface area contributed by atoms with Crippen molar-refractivity contribution in [3.8, 4) is 22.8 Å². The summed E-state index contributed by atoms with van der Waals surface area (Å²) < 4.78 is 13.2. The van der Waals surface area contributed by atoms with Crippen LogP contribution in [0.2, 0.25) is 0 Å². The molecular weight excluding hydrogens is 378 g/mol. The van der Waals surface area contributed by atoms with Crippen molar-refractivity contribution in [2.45, 2.75) is 20.4 Å². The molecule has 1 aliphatic rings. The van der Waals surface area contributed by atoms with Gasteiger partial charge in [0.15, 0.2) is 0 Å². The lowest BCUT2D eigenvalue weighted by Gasteiger charge is -2.26. The number of hydrogen-bond acceptors (Lipinski definition) is 6. The fourth-order valence-corrected chi connectivity index (χ4v) is 3.96. The number of benzene rings is 2. The molecule has 5 rings (SSSR count). The Labute approximate surface area is 175 Å². The number of fused-ring (bicyclic) bond motifs is 1. The van der Waals surface area contributed by atoms with E-state index in [1.807, 2.05) is 24.5 Å². The molecule has 0 N–H and O–H groups in total. The Bertz CT molecular complexity index is 1170. The quantitative estimate of drug-likeness (QED) is 0.506. The third-order valence-electron chi connectivity index (χ3n) is 5.68. The Morgan fingerprint density at radius 1 is 1.00 bits per heavy atom. The Hall–Kier alpha value is -3.03. The zero-order chi connectivity index (χ0) is 20.5. The number of aromatic nitrogens is 4. The third kappa shape index (κ3) is 3.74. The van der Waals surface area contributed by atoms with E-state index in [0.29, 0.717) is 11.7 Å². The molecule has 154 valence electrons. The number of ether oxygens (including phenoxy) is 1. The van der Waals surface area contributed by atoms with E-state index >= 15 is 0 Å². The Balaban J connectivity index is 1.36. The minimum Gasteiger partial charge on any atom is -0.379 e. The fraction of sp³-hybridized carbons (Fsp3) is 0.348. The summed E-state index contributed by atoms with van der Waals surface area (Å²) in [4.78, 5) is 11.6. The summed E-state index contributed by atoms with van der Waals surface area (Å²) in [5.41, 5.74) is 6.26. The van der Waals surface area contributed by atoms with Crippen molar-refractivity contribution >= 4 is 11.0 Å². The maximum absolute atomic E-state index is 5.55. The summed E-state index contributed by atoms with van der Waals surface area (Å²) in [6.07, 6.45) is 1.91. The van der Waals surface area contributed by atoms with Crippen LogP contribution >= 0.6 is 0 Å². The molecule has 1 saturated heterocycles. The van der Waals surface area contributed by atoms with Crippen LogP contribution in [-0.2, 0) is 11.3 Å². The lowest BCUT2D eigenvalue weighted by Crippen LogP contribution is -2.38. The van der Waals surface area contributed by atoms with Crippen LogP contribution in [0.1, 0.15) is 11.1 Å². The number of rotatable bonds is 5. The number of imidazole rings is 1. The molecular formula is C23H25N5O2. The van der Waals surface area contributed by atoms with Gasteiger partial charge in [0.2, 0.25) is 5.82 Å². The molecule has 0 spiro atoms. The van der Waals surface area contributed by atoms with Crippen molar-refractivity contribution in [1.82, 2.24) is 24.6 Å². The van der Waals surface area contributed by atoms with Crippen LogP contribution in [0, 0.1) is 13.8 Å². The summed E-state index contributed by atoms with van der Waals surface area (Å²) in [5.74, 6) is 1.12. The molecule has 0 aliphatic carbocycles. The van der Waals surface area contributed by atoms with E-state index < -0.39 is 0 Å². The standard InChI is InChI=1S/C23H25N5O2/c1-16-3-5-19(17(2)13-16)23-25-22(26-30-23)18-4-6-21-20(14-18)24-15-28(21)8-7-27-9-11-29-12-10-27/h3-6,13-15H,7-12H2,1-2H3. The van der Waals surface area contributed by atoms with E-state index in [9.17, 15) is 0 Å². The molecule has 2 aromatic heterocycles. The second kappa shape index (κ2) is 8.01. The molecule has 0 bridgehead atoms. The molecule has 2 aromatic carbocycles. The summed E-state index contributed by atoms with van der Waals surface area (Å²) in [5, 5.41) is 4.20. The molecule has 7 nitrogen and oxygen atoms in total. The molecule has 0 amide bonds. The molecule has 30 heavy (non-hydrogen) atoms. The zero-order valence-corrected chi connectivity index (χ0v) is 17.3. The number of hydrogen-bond donors (Lipinski definition) is 0. The summed E-state index contributed by atoms with van der Waals surface area (Å²) in [6, 6.07) is 12.4. The first-order valence-electron chi connectivity index (χ1n) is 10.3. The lowest BCUT2D eigenvalue weighted by molar-refractivity contribution is 0.0365. The first-order valence-corrected chi connectivity index (χ1v) is 10.3. The number of nitrogens with zero attached hydrogens (tertiary/aromatic N) is 5. The maximum atomic E-state index is 5.55. The minimum atomic E-state index is 0.540. The van der Waals surface area contributed by atoms with E-state index in [0.717, 1.165) is 67.1 Å². The predicted octanol–water partition coefficient (Wildman–Crippen LogP) is 3.70. The van der Waals surface area contributed by atoms with Crippen LogP contribution in [0.25, 0.3) is 33.9 Å². The normalized spacial score (nSPS) is 15.1. The first kappa shape index (κ1) is 19.0. The molecule has 0 unspecified atom stereocenters. The van der Waals surface area contributed by atoms with Gasteiger partial charge >= 0.3 is 0 Å². The average molecular weight is 403 g/mol. The fourth-order valence-electron chi connectivity index (χ4n) is 3.96. The van der Waals surface area contributed by atoms with Crippen molar-refractivity contribution < 1.29 is 9.26 Å². The minimum absolute atomic E-state index is 0.540. The number of morpholine rings is 1. The summed E-state index contributed by atoms with van der Waals surface area (Å²) in [7, 11) is 0. The Morgan fingerprint density at radius 2 is 1.87 bits per heavy atom. The topological polar surface area (TPSA) is 69.2 Å². The highest BCUT2D eigenvalue weighted by Gasteiger charge is 2.15. The van der Waals surface area contributed by atoms with Gasteiger partial charge in [-0.2, -0.15) is 4.98 Å². The highest BCUT2D eigenvalue weighted by molar-refractivity contribution is 5.80. The van der Waals surface area contributed by atoms with Gasteiger partial charge < -0.3 is 13.8 Å². The van der Waals surface area contributed by atoms with Crippen LogP contribution in [0.5, 0.6) is 0 Å². The smallest absolute Gasteiger partial charge is 0.258 e. The SMILES string of the molecule is Cc1ccc(-c2nc(-c3ccc4c(c3)ncn4CCN3CCOCC3)no2)c(C)c1. The van der Waals surface area contributed by atoms with Crippen LogP contribution in [-0.4, -0.2) is 57.4 Å². The average Bonchev–Trinajstić information content (AvgIpc) is 3.40. The first-order chi connectivity index (χ1) is 14.7. The maximum Gasteiger partial charge on any atom is 0.258 e. The van der Waals surface area contributed by atoms with Crippen molar-refractivity contribution in [1.29, 1.82) is 0 Å². The Morgan fingerprint density at radius 3 is 2.70 bits per heavy atom. The van der Waals surface area contributed by atoms with Crippen molar-refractivity contribution in [3.63, 3.8) is 0 Å². The summed E-state index contributed by atoms with van der Waals surface area (Å²) in [6.45, 7) is 9.68. The van der Waals surface area contributed by atoms with Gasteiger partial charge in [-0.05, 0) is 43.7 Å². The molecule has 7 heteroatoms. The molecule has 0 radical (unpaired) electrons.